The van der Waals surface area contributed by atoms with Crippen molar-refractivity contribution in [1.29, 1.82) is 0 Å². The van der Waals surface area contributed by atoms with Gasteiger partial charge >= 0.3 is 6.18 Å². The van der Waals surface area contributed by atoms with Crippen LogP contribution in [-0.4, -0.2) is 44.2 Å². The summed E-state index contributed by atoms with van der Waals surface area (Å²) >= 11 is 0. The molecule has 1 aliphatic heterocycles. The van der Waals surface area contributed by atoms with E-state index in [1.807, 2.05) is 4.90 Å². The summed E-state index contributed by atoms with van der Waals surface area (Å²) in [7, 11) is 0. The quantitative estimate of drug-likeness (QED) is 0.866. The van der Waals surface area contributed by atoms with Gasteiger partial charge in [0.2, 0.25) is 0 Å². The monoisotopic (exact) mass is 299 g/mol. The molecule has 0 amide bonds. The minimum atomic E-state index is -4.29. The zero-order valence-electron chi connectivity index (χ0n) is 11.9. The van der Waals surface area contributed by atoms with Gasteiger partial charge in [0.05, 0.1) is 5.56 Å². The molecule has 1 heterocycles. The molecular formula is C15H20F3N3. The number of anilines is 1. The molecule has 2 N–H and O–H groups in total. The summed E-state index contributed by atoms with van der Waals surface area (Å²) in [6.45, 7) is 8.12. The fourth-order valence-electron chi connectivity index (χ4n) is 2.42. The lowest BCUT2D eigenvalue weighted by Crippen LogP contribution is -2.47. The average Bonchev–Trinajstić information content (AvgIpc) is 2.47. The van der Waals surface area contributed by atoms with Gasteiger partial charge in [-0.25, -0.2) is 0 Å². The van der Waals surface area contributed by atoms with Crippen LogP contribution in [0.4, 0.5) is 18.9 Å². The molecule has 6 heteroatoms. The fraction of sp³-hybridized carbons (Fsp3) is 0.467. The van der Waals surface area contributed by atoms with Gasteiger partial charge in [0, 0.05) is 45.0 Å². The summed E-state index contributed by atoms with van der Waals surface area (Å²) in [5.74, 6) is 0. The van der Waals surface area contributed by atoms with Crippen molar-refractivity contribution in [2.24, 2.45) is 5.73 Å². The maximum atomic E-state index is 12.7. The first-order valence-electron chi connectivity index (χ1n) is 6.91. The number of hydrogen-bond acceptors (Lipinski definition) is 3. The molecule has 0 radical (unpaired) electrons. The van der Waals surface area contributed by atoms with Gasteiger partial charge < -0.3 is 10.6 Å². The van der Waals surface area contributed by atoms with E-state index < -0.39 is 11.7 Å². The first kappa shape index (κ1) is 15.9. The van der Waals surface area contributed by atoms with Gasteiger partial charge in [-0.05, 0) is 23.8 Å². The smallest absolute Gasteiger partial charge is 0.369 e. The van der Waals surface area contributed by atoms with E-state index in [1.165, 1.54) is 12.1 Å². The largest absolute Gasteiger partial charge is 0.416 e. The molecule has 1 fully saturated rings. The number of nitrogens with two attached hydrogens (primary N) is 1. The molecule has 2 rings (SSSR count). The van der Waals surface area contributed by atoms with Crippen LogP contribution in [0.3, 0.4) is 0 Å². The second-order valence-corrected chi connectivity index (χ2v) is 5.27. The first-order chi connectivity index (χ1) is 9.90. The topological polar surface area (TPSA) is 32.5 Å². The van der Waals surface area contributed by atoms with E-state index in [9.17, 15) is 13.2 Å². The van der Waals surface area contributed by atoms with Gasteiger partial charge in [-0.2, -0.15) is 13.2 Å². The van der Waals surface area contributed by atoms with E-state index in [0.29, 0.717) is 25.3 Å². The highest BCUT2D eigenvalue weighted by molar-refractivity contribution is 5.49. The molecule has 1 aromatic carbocycles. The van der Waals surface area contributed by atoms with Crippen LogP contribution in [0.2, 0.25) is 0 Å². The second kappa shape index (κ2) is 6.49. The lowest BCUT2D eigenvalue weighted by atomic mass is 10.1. The van der Waals surface area contributed by atoms with Crippen molar-refractivity contribution in [2.75, 3.05) is 44.2 Å². The molecule has 0 unspecified atom stereocenters. The molecule has 21 heavy (non-hydrogen) atoms. The van der Waals surface area contributed by atoms with E-state index >= 15 is 0 Å². The normalized spacial score (nSPS) is 17.0. The summed E-state index contributed by atoms with van der Waals surface area (Å²) in [5.41, 5.74) is 6.53. The van der Waals surface area contributed by atoms with Gasteiger partial charge in [-0.3, -0.25) is 4.90 Å². The van der Waals surface area contributed by atoms with Gasteiger partial charge in [-0.15, -0.1) is 0 Å². The molecule has 0 atom stereocenters. The van der Waals surface area contributed by atoms with Crippen LogP contribution in [0.15, 0.2) is 36.4 Å². The van der Waals surface area contributed by atoms with Gasteiger partial charge in [0.1, 0.15) is 0 Å². The van der Waals surface area contributed by atoms with Gasteiger partial charge in [0.15, 0.2) is 0 Å². The summed E-state index contributed by atoms with van der Waals surface area (Å²) < 4.78 is 38.2. The van der Waals surface area contributed by atoms with E-state index in [-0.39, 0.29) is 0 Å². The molecule has 0 aromatic heterocycles. The van der Waals surface area contributed by atoms with Crippen LogP contribution in [-0.2, 0) is 6.18 Å². The van der Waals surface area contributed by atoms with Gasteiger partial charge in [0.25, 0.3) is 0 Å². The van der Waals surface area contributed by atoms with E-state index in [2.05, 4.69) is 11.5 Å². The summed E-state index contributed by atoms with van der Waals surface area (Å²) in [6.07, 6.45) is -4.29. The number of nitrogens with zero attached hydrogens (tertiary/aromatic N) is 2. The molecule has 1 aliphatic rings. The maximum absolute atomic E-state index is 12.7. The van der Waals surface area contributed by atoms with Crippen molar-refractivity contribution in [3.63, 3.8) is 0 Å². The van der Waals surface area contributed by atoms with E-state index in [4.69, 9.17) is 5.73 Å². The zero-order chi connectivity index (χ0) is 15.5. The number of alkyl halides is 3. The predicted molar refractivity (Wildman–Crippen MR) is 78.3 cm³/mol. The summed E-state index contributed by atoms with van der Waals surface area (Å²) in [4.78, 5) is 4.20. The standard InChI is InChI=1S/C15H20F3N3/c1-12(10-19)11-20-5-7-21(8-6-20)14-4-2-3-13(9-14)15(16,17)18/h2-4,9H,1,5-8,10-11,19H2. The Morgan fingerprint density at radius 3 is 2.43 bits per heavy atom. The Balaban J connectivity index is 1.98. The Kier molecular flexibility index (Phi) is 4.90. The van der Waals surface area contributed by atoms with Crippen molar-refractivity contribution >= 4 is 5.69 Å². The third-order valence-electron chi connectivity index (χ3n) is 3.65. The first-order valence-corrected chi connectivity index (χ1v) is 6.91. The highest BCUT2D eigenvalue weighted by Crippen LogP contribution is 2.31. The molecule has 0 aliphatic carbocycles. The molecule has 116 valence electrons. The van der Waals surface area contributed by atoms with Crippen LogP contribution < -0.4 is 10.6 Å². The van der Waals surface area contributed by atoms with Crippen LogP contribution in [0.5, 0.6) is 0 Å². The fourth-order valence-corrected chi connectivity index (χ4v) is 2.42. The SMILES string of the molecule is C=C(CN)CN1CCN(c2cccc(C(F)(F)F)c2)CC1. The van der Waals surface area contributed by atoms with Crippen LogP contribution in [0.1, 0.15) is 5.56 Å². The average molecular weight is 299 g/mol. The molecular weight excluding hydrogens is 279 g/mol. The van der Waals surface area contributed by atoms with E-state index in [0.717, 1.165) is 31.3 Å². The number of hydrogen-bond donors (Lipinski definition) is 1. The predicted octanol–water partition coefficient (Wildman–Crippen LogP) is 2.34. The lowest BCUT2D eigenvalue weighted by molar-refractivity contribution is -0.137. The summed E-state index contributed by atoms with van der Waals surface area (Å²) in [5, 5.41) is 0. The van der Waals surface area contributed by atoms with Crippen LogP contribution >= 0.6 is 0 Å². The van der Waals surface area contributed by atoms with Crippen molar-refractivity contribution in [3.05, 3.63) is 42.0 Å². The molecule has 0 bridgehead atoms. The molecule has 0 saturated carbocycles. The molecule has 0 spiro atoms. The third kappa shape index (κ3) is 4.22. The summed E-state index contributed by atoms with van der Waals surface area (Å²) in [6, 6.07) is 5.50. The molecule has 3 nitrogen and oxygen atoms in total. The third-order valence-corrected chi connectivity index (χ3v) is 3.65. The maximum Gasteiger partial charge on any atom is 0.416 e. The minimum absolute atomic E-state index is 0.466. The van der Waals surface area contributed by atoms with Crippen molar-refractivity contribution in [2.45, 2.75) is 6.18 Å². The Morgan fingerprint density at radius 1 is 1.19 bits per heavy atom. The zero-order valence-corrected chi connectivity index (χ0v) is 11.9. The Labute approximate surface area is 122 Å². The number of piperazine rings is 1. The molecule has 1 saturated heterocycles. The van der Waals surface area contributed by atoms with Crippen LogP contribution in [0, 0.1) is 0 Å². The van der Waals surface area contributed by atoms with Crippen molar-refractivity contribution in [1.82, 2.24) is 4.90 Å². The highest BCUT2D eigenvalue weighted by Gasteiger charge is 2.31. The Morgan fingerprint density at radius 2 is 1.86 bits per heavy atom. The molecule has 1 aromatic rings. The second-order valence-electron chi connectivity index (χ2n) is 5.27. The number of halogens is 3. The van der Waals surface area contributed by atoms with Gasteiger partial charge in [-0.1, -0.05) is 12.6 Å². The highest BCUT2D eigenvalue weighted by atomic mass is 19.4. The van der Waals surface area contributed by atoms with Crippen molar-refractivity contribution < 1.29 is 13.2 Å². The Hall–Kier alpha value is -1.53. The number of benzene rings is 1. The lowest BCUT2D eigenvalue weighted by Gasteiger charge is -2.36. The number of rotatable bonds is 4. The van der Waals surface area contributed by atoms with Crippen molar-refractivity contribution in [3.8, 4) is 0 Å². The van der Waals surface area contributed by atoms with E-state index in [1.54, 1.807) is 6.07 Å². The van der Waals surface area contributed by atoms with Crippen LogP contribution in [0.25, 0.3) is 0 Å². The minimum Gasteiger partial charge on any atom is -0.369 e. The Bertz CT molecular complexity index is 491.